The van der Waals surface area contributed by atoms with Gasteiger partial charge in [-0.3, -0.25) is 4.79 Å². The van der Waals surface area contributed by atoms with Crippen LogP contribution in [0.1, 0.15) is 25.7 Å². The first-order valence-electron chi connectivity index (χ1n) is 7.40. The molecule has 0 aromatic carbocycles. The summed E-state index contributed by atoms with van der Waals surface area (Å²) in [5.74, 6) is -0.274. The van der Waals surface area contributed by atoms with E-state index >= 15 is 0 Å². The van der Waals surface area contributed by atoms with Gasteiger partial charge in [0.05, 0.1) is 0 Å². The molecule has 2 atom stereocenters. The number of nitrogens with one attached hydrogen (secondary N) is 1. The molecule has 2 aliphatic heterocycles. The topological polar surface area (TPSA) is 89.3 Å². The van der Waals surface area contributed by atoms with Crippen LogP contribution in [0, 0.1) is 0 Å². The zero-order valence-electron chi connectivity index (χ0n) is 13.2. The van der Waals surface area contributed by atoms with Gasteiger partial charge in [-0.15, -0.1) is 25.2 Å². The fourth-order valence-corrected chi connectivity index (χ4v) is 2.51. The summed E-state index contributed by atoms with van der Waals surface area (Å²) >= 11 is 3.18. The van der Waals surface area contributed by atoms with E-state index < -0.39 is 12.0 Å². The summed E-state index contributed by atoms with van der Waals surface area (Å²) < 4.78 is 0. The number of hydrogen-bond donors (Lipinski definition) is 1. The second kappa shape index (κ2) is 15.5. The summed E-state index contributed by atoms with van der Waals surface area (Å²) in [6.07, 6.45) is 12.4. The first-order chi connectivity index (χ1) is 11.1. The second-order valence-corrected chi connectivity index (χ2v) is 5.94. The van der Waals surface area contributed by atoms with Crippen molar-refractivity contribution in [2.75, 3.05) is 25.1 Å². The third-order valence-electron chi connectivity index (χ3n) is 3.27. The number of nitrogens with zero attached hydrogens (tertiary/aromatic N) is 2. The van der Waals surface area contributed by atoms with E-state index in [-0.39, 0.29) is 0 Å². The Morgan fingerprint density at radius 1 is 1.57 bits per heavy atom. The molecule has 0 saturated carbocycles. The summed E-state index contributed by atoms with van der Waals surface area (Å²) in [4.78, 5) is 10.0. The van der Waals surface area contributed by atoms with E-state index in [9.17, 15) is 4.79 Å². The van der Waals surface area contributed by atoms with Gasteiger partial charge in [-0.05, 0) is 18.1 Å². The molecule has 1 fully saturated rings. The number of carboxylic acids is 1. The average Bonchev–Trinajstić information content (AvgIpc) is 2.63. The number of aliphatic carboxylic acids is 1. The summed E-state index contributed by atoms with van der Waals surface area (Å²) in [7, 11) is 4.61. The van der Waals surface area contributed by atoms with Crippen molar-refractivity contribution in [3.05, 3.63) is 40.3 Å². The third-order valence-corrected chi connectivity index (χ3v) is 3.91. The van der Waals surface area contributed by atoms with Crippen LogP contribution in [0.15, 0.2) is 23.9 Å². The van der Waals surface area contributed by atoms with Crippen LogP contribution in [-0.4, -0.2) is 48.3 Å². The average molecular weight is 541 g/mol. The molecule has 2 rings (SSSR count). The van der Waals surface area contributed by atoms with Crippen LogP contribution >= 0.6 is 21.2 Å². The molecule has 0 aromatic heterocycles. The van der Waals surface area contributed by atoms with Gasteiger partial charge >= 0.3 is 28.2 Å². The molecule has 0 spiro atoms. The molecule has 0 radical (unpaired) electrons. The number of carboxylic acid groups (broad SMARTS) is 1. The van der Waals surface area contributed by atoms with E-state index in [4.69, 9.17) is 10.8 Å². The first-order valence-corrected chi connectivity index (χ1v) is 11.6. The van der Waals surface area contributed by atoms with Gasteiger partial charge in [0.1, 0.15) is 0 Å². The summed E-state index contributed by atoms with van der Waals surface area (Å²) in [5.41, 5.74) is 8.11. The number of hydrogen-bond acceptors (Lipinski definition) is 2. The molecular weight excluding hydrogens is 517 g/mol. The number of thioether (sulfide) groups is 1. The van der Waals surface area contributed by atoms with Gasteiger partial charge in [-0.2, -0.15) is 17.5 Å². The van der Waals surface area contributed by atoms with E-state index in [0.717, 1.165) is 18.8 Å². The molecule has 2 N–H and O–H groups in total. The zero-order chi connectivity index (χ0) is 17.5. The van der Waals surface area contributed by atoms with Gasteiger partial charge in [0.15, 0.2) is 0 Å². The number of piperidine rings is 1. The fraction of sp³-hybridized carbons (Fsp3) is 0.667. The molecular formula is C15H24ClN3O2PtS-3. The first kappa shape index (κ1) is 23.0. The molecule has 5 nitrogen and oxygen atoms in total. The van der Waals surface area contributed by atoms with E-state index in [0.29, 0.717) is 12.5 Å². The number of carbonyl (C=O) groups is 1. The van der Waals surface area contributed by atoms with Gasteiger partial charge in [-0.1, -0.05) is 37.8 Å². The Hall–Kier alpha value is -0.00169. The Morgan fingerprint density at radius 2 is 2.30 bits per heavy atom. The number of halogens is 1. The van der Waals surface area contributed by atoms with E-state index in [2.05, 4.69) is 38.3 Å². The third kappa shape index (κ3) is 11.2. The maximum absolute atomic E-state index is 10.0. The maximum atomic E-state index is 10.0. The SMILES string of the molecule is C1=CC[N-]C(C2CCCC[N-]2)=C1.CSCCC([NH-])C(=O)O.[Cl][Pt]. The van der Waals surface area contributed by atoms with Crippen LogP contribution in [0.3, 0.4) is 0 Å². The molecule has 0 aliphatic carbocycles. The van der Waals surface area contributed by atoms with Gasteiger partial charge in [0.2, 0.25) is 0 Å². The zero-order valence-corrected chi connectivity index (χ0v) is 17.0. The molecule has 23 heavy (non-hydrogen) atoms. The van der Waals surface area contributed by atoms with Crippen molar-refractivity contribution >= 4 is 27.1 Å². The molecule has 8 heteroatoms. The number of allylic oxidation sites excluding steroid dienone is 2. The van der Waals surface area contributed by atoms with Crippen LogP contribution in [-0.2, 0) is 23.6 Å². The standard InChI is InChI=1S/C10H14N2.C5H10NO2S.ClH.Pt/c1-3-7-11-9(5-1)10-6-2-4-8-12-10;1-9-3-2-4(6)5(7)8;;/h1,3,5,10H,2,4,6-8H2;4,6H,2-3H2,1H3,(H,7,8);1H;/q-2;-1;;+1/p-1. The van der Waals surface area contributed by atoms with Crippen LogP contribution in [0.2, 0.25) is 0 Å². The van der Waals surface area contributed by atoms with E-state index in [1.54, 1.807) is 30.5 Å². The van der Waals surface area contributed by atoms with Crippen molar-refractivity contribution in [3.8, 4) is 0 Å². The fourth-order valence-electron chi connectivity index (χ4n) is 2.04. The van der Waals surface area contributed by atoms with Crippen molar-refractivity contribution < 1.29 is 28.7 Å². The monoisotopic (exact) mass is 540 g/mol. The molecule has 2 heterocycles. The van der Waals surface area contributed by atoms with Crippen molar-refractivity contribution in [3.63, 3.8) is 0 Å². The summed E-state index contributed by atoms with van der Waals surface area (Å²) in [6, 6.07) is -0.527. The van der Waals surface area contributed by atoms with E-state index in [1.807, 2.05) is 6.26 Å². The Labute approximate surface area is 158 Å². The molecule has 1 saturated heterocycles. The molecule has 0 aromatic rings. The summed E-state index contributed by atoms with van der Waals surface area (Å²) in [6.45, 7) is 1.87. The molecule has 2 unspecified atom stereocenters. The van der Waals surface area contributed by atoms with Gasteiger partial charge in [0.25, 0.3) is 5.97 Å². The van der Waals surface area contributed by atoms with Gasteiger partial charge in [0, 0.05) is 0 Å². The van der Waals surface area contributed by atoms with Crippen molar-refractivity contribution in [1.29, 1.82) is 0 Å². The van der Waals surface area contributed by atoms with Crippen LogP contribution in [0.5, 0.6) is 0 Å². The minimum atomic E-state index is -1.02. The van der Waals surface area contributed by atoms with Gasteiger partial charge in [-0.25, -0.2) is 0 Å². The normalized spacial score (nSPS) is 20.7. The second-order valence-electron chi connectivity index (χ2n) is 4.95. The predicted octanol–water partition coefficient (Wildman–Crippen LogP) is 4.67. The minimum absolute atomic E-state index is 0.406. The predicted molar refractivity (Wildman–Crippen MR) is 95.9 cm³/mol. The van der Waals surface area contributed by atoms with Crippen LogP contribution in [0.4, 0.5) is 0 Å². The molecule has 0 amide bonds. The Balaban J connectivity index is 0.000000396. The molecule has 2 aliphatic rings. The van der Waals surface area contributed by atoms with Crippen molar-refractivity contribution in [2.45, 2.75) is 37.8 Å². The van der Waals surface area contributed by atoms with Crippen LogP contribution in [0.25, 0.3) is 16.4 Å². The molecule has 0 bridgehead atoms. The van der Waals surface area contributed by atoms with Gasteiger partial charge < -0.3 is 21.5 Å². The van der Waals surface area contributed by atoms with E-state index in [1.165, 1.54) is 25.0 Å². The Kier molecular flexibility index (Phi) is 15.5. The number of rotatable bonds is 5. The Bertz CT molecular complexity index is 378. The summed E-state index contributed by atoms with van der Waals surface area (Å²) in [5, 5.41) is 17.2. The van der Waals surface area contributed by atoms with Crippen molar-refractivity contribution in [1.82, 2.24) is 0 Å². The van der Waals surface area contributed by atoms with Crippen LogP contribution < -0.4 is 0 Å². The quantitative estimate of drug-likeness (QED) is 0.549. The molecule has 137 valence electrons. The van der Waals surface area contributed by atoms with Crippen molar-refractivity contribution in [2.24, 2.45) is 0 Å². The Morgan fingerprint density at radius 3 is 2.78 bits per heavy atom.